The Hall–Kier alpha value is -0.790. The lowest BCUT2D eigenvalue weighted by Crippen LogP contribution is -2.33. The van der Waals surface area contributed by atoms with Gasteiger partial charge in [-0.25, -0.2) is 0 Å². The Morgan fingerprint density at radius 2 is 2.05 bits per heavy atom. The number of amides is 1. The van der Waals surface area contributed by atoms with Crippen molar-refractivity contribution in [1.82, 2.24) is 4.90 Å². The molecule has 20 heavy (non-hydrogen) atoms. The number of likely N-dealkylation sites (tertiary alicyclic amines) is 1. The molecule has 8 heteroatoms. The van der Waals surface area contributed by atoms with Crippen LogP contribution in [0.4, 0.5) is 13.2 Å². The predicted molar refractivity (Wildman–Crippen MR) is 74.9 cm³/mol. The standard InChI is InChI=1S/C12H12BrF3N2O.ClH/c13-7-1-2-9(10(5-7)12(14,15)16)11(19)18-4-3-8(17)6-18;/h1-2,5,8H,3-4,6,17H2;1H/t8-;/m0./s1. The van der Waals surface area contributed by atoms with Crippen molar-refractivity contribution in [2.45, 2.75) is 18.6 Å². The minimum absolute atomic E-state index is 0. The van der Waals surface area contributed by atoms with E-state index in [-0.39, 0.29) is 28.5 Å². The number of carbonyl (C=O) groups is 1. The van der Waals surface area contributed by atoms with Gasteiger partial charge in [0.2, 0.25) is 0 Å². The van der Waals surface area contributed by atoms with Crippen LogP contribution >= 0.6 is 28.3 Å². The molecule has 1 aliphatic heterocycles. The molecule has 0 aromatic heterocycles. The topological polar surface area (TPSA) is 46.3 Å². The molecule has 1 aliphatic rings. The molecule has 0 saturated carbocycles. The second-order valence-electron chi connectivity index (χ2n) is 4.49. The summed E-state index contributed by atoms with van der Waals surface area (Å²) in [6, 6.07) is 3.38. The van der Waals surface area contributed by atoms with Crippen molar-refractivity contribution in [2.75, 3.05) is 13.1 Å². The second-order valence-corrected chi connectivity index (χ2v) is 5.40. The molecular weight excluding hydrogens is 360 g/mol. The summed E-state index contributed by atoms with van der Waals surface area (Å²) in [6.07, 6.45) is -3.94. The zero-order valence-electron chi connectivity index (χ0n) is 10.3. The van der Waals surface area contributed by atoms with E-state index in [9.17, 15) is 18.0 Å². The summed E-state index contributed by atoms with van der Waals surface area (Å²) < 4.78 is 39.1. The van der Waals surface area contributed by atoms with E-state index in [0.717, 1.165) is 6.07 Å². The van der Waals surface area contributed by atoms with Crippen LogP contribution in [0.25, 0.3) is 0 Å². The lowest BCUT2D eigenvalue weighted by atomic mass is 10.1. The van der Waals surface area contributed by atoms with E-state index in [1.54, 1.807) is 0 Å². The van der Waals surface area contributed by atoms with Crippen LogP contribution in [0.3, 0.4) is 0 Å². The first-order valence-corrected chi connectivity index (χ1v) is 6.50. The molecule has 0 radical (unpaired) electrons. The molecule has 1 amide bonds. The molecule has 0 spiro atoms. The van der Waals surface area contributed by atoms with Gasteiger partial charge in [0.25, 0.3) is 5.91 Å². The van der Waals surface area contributed by atoms with Crippen molar-refractivity contribution in [1.29, 1.82) is 0 Å². The number of rotatable bonds is 1. The third-order valence-electron chi connectivity index (χ3n) is 3.03. The Balaban J connectivity index is 0.00000200. The minimum atomic E-state index is -4.56. The van der Waals surface area contributed by atoms with Crippen LogP contribution in [-0.4, -0.2) is 29.9 Å². The smallest absolute Gasteiger partial charge is 0.337 e. The molecule has 2 rings (SSSR count). The molecule has 0 unspecified atom stereocenters. The van der Waals surface area contributed by atoms with Gasteiger partial charge in [0.1, 0.15) is 0 Å². The van der Waals surface area contributed by atoms with E-state index >= 15 is 0 Å². The first-order valence-electron chi connectivity index (χ1n) is 5.70. The summed E-state index contributed by atoms with van der Waals surface area (Å²) in [6.45, 7) is 0.694. The molecule has 112 valence electrons. The Morgan fingerprint density at radius 1 is 1.40 bits per heavy atom. The first kappa shape index (κ1) is 17.3. The zero-order chi connectivity index (χ0) is 14.2. The average Bonchev–Trinajstić information content (AvgIpc) is 2.74. The SMILES string of the molecule is Cl.N[C@H]1CCN(C(=O)c2ccc(Br)cc2C(F)(F)F)C1. The van der Waals surface area contributed by atoms with Gasteiger partial charge in [-0.2, -0.15) is 13.2 Å². The van der Waals surface area contributed by atoms with E-state index in [1.807, 2.05) is 0 Å². The molecule has 1 atom stereocenters. The highest BCUT2D eigenvalue weighted by Crippen LogP contribution is 2.34. The third-order valence-corrected chi connectivity index (χ3v) is 3.52. The van der Waals surface area contributed by atoms with E-state index in [4.69, 9.17) is 5.73 Å². The molecule has 0 aliphatic carbocycles. The molecule has 1 fully saturated rings. The quantitative estimate of drug-likeness (QED) is 0.822. The second kappa shape index (κ2) is 6.32. The fourth-order valence-corrected chi connectivity index (χ4v) is 2.44. The molecular formula is C12H13BrClF3N2O. The van der Waals surface area contributed by atoms with E-state index in [2.05, 4.69) is 15.9 Å². The van der Waals surface area contributed by atoms with Gasteiger partial charge in [-0.1, -0.05) is 15.9 Å². The lowest BCUT2D eigenvalue weighted by Gasteiger charge is -2.19. The summed E-state index contributed by atoms with van der Waals surface area (Å²) in [5, 5.41) is 0. The summed E-state index contributed by atoms with van der Waals surface area (Å²) in [5.74, 6) is -0.618. The third kappa shape index (κ3) is 3.65. The first-order chi connectivity index (χ1) is 8.79. The van der Waals surface area contributed by atoms with Crippen LogP contribution in [0, 0.1) is 0 Å². The van der Waals surface area contributed by atoms with Crippen molar-refractivity contribution >= 4 is 34.2 Å². The van der Waals surface area contributed by atoms with Crippen LogP contribution in [-0.2, 0) is 6.18 Å². The molecule has 3 nitrogen and oxygen atoms in total. The van der Waals surface area contributed by atoms with Crippen molar-refractivity contribution < 1.29 is 18.0 Å². The Morgan fingerprint density at radius 3 is 2.55 bits per heavy atom. The Bertz CT molecular complexity index is 510. The van der Waals surface area contributed by atoms with Crippen molar-refractivity contribution in [3.63, 3.8) is 0 Å². The molecule has 1 heterocycles. The molecule has 0 bridgehead atoms. The van der Waals surface area contributed by atoms with Crippen LogP contribution in [0.1, 0.15) is 22.3 Å². The van der Waals surface area contributed by atoms with Crippen LogP contribution in [0.5, 0.6) is 0 Å². The highest BCUT2D eigenvalue weighted by atomic mass is 79.9. The zero-order valence-corrected chi connectivity index (χ0v) is 12.7. The van der Waals surface area contributed by atoms with Crippen molar-refractivity contribution in [3.05, 3.63) is 33.8 Å². The van der Waals surface area contributed by atoms with Crippen LogP contribution < -0.4 is 5.73 Å². The summed E-state index contributed by atoms with van der Waals surface area (Å²) in [7, 11) is 0. The predicted octanol–water partition coefficient (Wildman–Crippen LogP) is 3.06. The number of nitrogens with zero attached hydrogens (tertiary/aromatic N) is 1. The monoisotopic (exact) mass is 372 g/mol. The van der Waals surface area contributed by atoms with Gasteiger partial charge in [-0.3, -0.25) is 4.79 Å². The largest absolute Gasteiger partial charge is 0.417 e. The van der Waals surface area contributed by atoms with E-state index in [1.165, 1.54) is 17.0 Å². The lowest BCUT2D eigenvalue weighted by molar-refractivity contribution is -0.138. The summed E-state index contributed by atoms with van der Waals surface area (Å²) >= 11 is 2.99. The van der Waals surface area contributed by atoms with Gasteiger partial charge >= 0.3 is 6.18 Å². The van der Waals surface area contributed by atoms with Gasteiger partial charge in [0, 0.05) is 23.6 Å². The minimum Gasteiger partial charge on any atom is -0.337 e. The number of halogens is 5. The number of hydrogen-bond donors (Lipinski definition) is 1. The van der Waals surface area contributed by atoms with Crippen molar-refractivity contribution in [3.8, 4) is 0 Å². The Kier molecular flexibility index (Phi) is 5.46. The fraction of sp³-hybridized carbons (Fsp3) is 0.417. The normalized spacial score (nSPS) is 18.9. The average molecular weight is 374 g/mol. The number of hydrogen-bond acceptors (Lipinski definition) is 2. The molecule has 2 N–H and O–H groups in total. The highest BCUT2D eigenvalue weighted by molar-refractivity contribution is 9.10. The maximum Gasteiger partial charge on any atom is 0.417 e. The van der Waals surface area contributed by atoms with Gasteiger partial charge in [-0.05, 0) is 24.6 Å². The van der Waals surface area contributed by atoms with Crippen molar-refractivity contribution in [2.24, 2.45) is 5.73 Å². The number of benzene rings is 1. The van der Waals surface area contributed by atoms with Gasteiger partial charge in [0.05, 0.1) is 11.1 Å². The number of carbonyl (C=O) groups excluding carboxylic acids is 1. The molecule has 1 aromatic rings. The van der Waals surface area contributed by atoms with Crippen LogP contribution in [0.2, 0.25) is 0 Å². The van der Waals surface area contributed by atoms with E-state index in [0.29, 0.717) is 19.5 Å². The molecule has 1 aromatic carbocycles. The van der Waals surface area contributed by atoms with Gasteiger partial charge in [-0.15, -0.1) is 12.4 Å². The van der Waals surface area contributed by atoms with Gasteiger partial charge in [0.15, 0.2) is 0 Å². The summed E-state index contributed by atoms with van der Waals surface area (Å²) in [5.41, 5.74) is 4.41. The van der Waals surface area contributed by atoms with Gasteiger partial charge < -0.3 is 10.6 Å². The maximum absolute atomic E-state index is 12.9. The number of alkyl halides is 3. The molecule has 1 saturated heterocycles. The summed E-state index contributed by atoms with van der Waals surface area (Å²) in [4.78, 5) is 13.5. The van der Waals surface area contributed by atoms with E-state index < -0.39 is 17.6 Å². The highest BCUT2D eigenvalue weighted by Gasteiger charge is 2.37. The Labute approximate surface area is 128 Å². The van der Waals surface area contributed by atoms with Crippen LogP contribution in [0.15, 0.2) is 22.7 Å². The maximum atomic E-state index is 12.9. The fourth-order valence-electron chi connectivity index (χ4n) is 2.08. The number of nitrogens with two attached hydrogens (primary N) is 1.